The minimum atomic E-state index is 0. The first-order valence-electron chi connectivity index (χ1n) is 5.14. The zero-order valence-electron chi connectivity index (χ0n) is 9.88. The van der Waals surface area contributed by atoms with E-state index in [0.29, 0.717) is 5.92 Å². The van der Waals surface area contributed by atoms with Crippen molar-refractivity contribution in [2.45, 2.75) is 20.4 Å². The van der Waals surface area contributed by atoms with Crippen LogP contribution in [-0.4, -0.2) is 9.55 Å². The second kappa shape index (κ2) is 6.69. The summed E-state index contributed by atoms with van der Waals surface area (Å²) in [6.45, 7) is 5.27. The number of benzene rings is 1. The van der Waals surface area contributed by atoms with E-state index >= 15 is 0 Å². The van der Waals surface area contributed by atoms with Crippen molar-refractivity contribution < 1.29 is 0 Å². The van der Waals surface area contributed by atoms with Gasteiger partial charge in [-0.25, -0.2) is 10.8 Å². The summed E-state index contributed by atoms with van der Waals surface area (Å²) in [4.78, 5) is 4.41. The molecular weight excluding hydrogens is 259 g/mol. The zero-order valence-corrected chi connectivity index (χ0v) is 11.5. The molecule has 0 atom stereocenters. The average Bonchev–Trinajstić information content (AvgIpc) is 2.56. The van der Waals surface area contributed by atoms with E-state index in [2.05, 4.69) is 34.9 Å². The highest BCUT2D eigenvalue weighted by atomic mass is 35.5. The second-order valence-corrected chi connectivity index (χ2v) is 4.07. The molecule has 17 heavy (non-hydrogen) atoms. The molecular formula is C11H18Cl2N4. The number of para-hydroxylation sites is 2. The number of hydrazine groups is 1. The minimum Gasteiger partial charge on any atom is -0.309 e. The quantitative estimate of drug-likeness (QED) is 0.670. The lowest BCUT2D eigenvalue weighted by Crippen LogP contribution is -2.15. The fraction of sp³-hybridized carbons (Fsp3) is 0.364. The fourth-order valence-electron chi connectivity index (χ4n) is 1.74. The number of rotatable bonds is 3. The fourth-order valence-corrected chi connectivity index (χ4v) is 1.74. The average molecular weight is 277 g/mol. The number of imidazole rings is 1. The van der Waals surface area contributed by atoms with Crippen molar-refractivity contribution in [3.63, 3.8) is 0 Å². The van der Waals surface area contributed by atoms with Crippen LogP contribution in [0.5, 0.6) is 0 Å². The molecule has 0 bridgehead atoms. The van der Waals surface area contributed by atoms with Gasteiger partial charge in [0.25, 0.3) is 0 Å². The van der Waals surface area contributed by atoms with Crippen molar-refractivity contribution in [3.05, 3.63) is 24.3 Å². The number of nitrogen functional groups attached to an aromatic ring is 1. The smallest absolute Gasteiger partial charge is 0.218 e. The Kier molecular flexibility index (Phi) is 6.31. The van der Waals surface area contributed by atoms with Gasteiger partial charge in [0, 0.05) is 6.54 Å². The van der Waals surface area contributed by atoms with E-state index in [0.717, 1.165) is 23.5 Å². The van der Waals surface area contributed by atoms with E-state index in [1.165, 1.54) is 0 Å². The molecule has 2 aromatic rings. The summed E-state index contributed by atoms with van der Waals surface area (Å²) in [5.41, 5.74) is 4.74. The van der Waals surface area contributed by atoms with E-state index in [9.17, 15) is 0 Å². The third-order valence-electron chi connectivity index (χ3n) is 2.33. The van der Waals surface area contributed by atoms with E-state index in [-0.39, 0.29) is 24.8 Å². The molecule has 0 spiro atoms. The van der Waals surface area contributed by atoms with E-state index < -0.39 is 0 Å². The molecule has 0 aliphatic heterocycles. The number of hydrogen-bond acceptors (Lipinski definition) is 3. The van der Waals surface area contributed by atoms with Gasteiger partial charge >= 0.3 is 0 Å². The normalized spacial score (nSPS) is 9.88. The summed E-state index contributed by atoms with van der Waals surface area (Å²) >= 11 is 0. The van der Waals surface area contributed by atoms with Crippen LogP contribution in [0.2, 0.25) is 0 Å². The van der Waals surface area contributed by atoms with Crippen LogP contribution in [0.3, 0.4) is 0 Å². The van der Waals surface area contributed by atoms with E-state index in [1.807, 2.05) is 18.2 Å². The largest absolute Gasteiger partial charge is 0.309 e. The highest BCUT2D eigenvalue weighted by Crippen LogP contribution is 2.20. The Hall–Kier alpha value is -0.970. The molecule has 2 rings (SSSR count). The summed E-state index contributed by atoms with van der Waals surface area (Å²) in [6, 6.07) is 8.05. The standard InChI is InChI=1S/C11H16N4.2ClH/c1-8(2)7-15-10-6-4-3-5-9(10)13-11(15)14-12;;/h3-6,8H,7,12H2,1-2H3,(H,13,14);2*1H. The van der Waals surface area contributed by atoms with Gasteiger partial charge < -0.3 is 4.57 Å². The maximum Gasteiger partial charge on any atom is 0.218 e. The first kappa shape index (κ1) is 16.0. The molecule has 0 aliphatic carbocycles. The minimum absolute atomic E-state index is 0. The molecule has 1 aromatic heterocycles. The Morgan fingerprint density at radius 3 is 2.53 bits per heavy atom. The number of halogens is 2. The number of nitrogens with two attached hydrogens (primary N) is 1. The zero-order chi connectivity index (χ0) is 10.8. The molecule has 4 nitrogen and oxygen atoms in total. The van der Waals surface area contributed by atoms with Crippen molar-refractivity contribution >= 4 is 41.8 Å². The van der Waals surface area contributed by atoms with Crippen molar-refractivity contribution in [2.75, 3.05) is 5.43 Å². The maximum absolute atomic E-state index is 5.46. The van der Waals surface area contributed by atoms with Crippen molar-refractivity contribution in [1.82, 2.24) is 9.55 Å². The van der Waals surface area contributed by atoms with Gasteiger partial charge in [-0.15, -0.1) is 24.8 Å². The molecule has 0 unspecified atom stereocenters. The second-order valence-electron chi connectivity index (χ2n) is 4.07. The van der Waals surface area contributed by atoms with Gasteiger partial charge in [0.2, 0.25) is 5.95 Å². The van der Waals surface area contributed by atoms with Gasteiger partial charge in [-0.05, 0) is 18.1 Å². The number of nitrogens with zero attached hydrogens (tertiary/aromatic N) is 2. The van der Waals surface area contributed by atoms with Gasteiger partial charge in [-0.1, -0.05) is 26.0 Å². The Labute approximate surface area is 113 Å². The Morgan fingerprint density at radius 1 is 1.29 bits per heavy atom. The lowest BCUT2D eigenvalue weighted by Gasteiger charge is -2.10. The monoisotopic (exact) mass is 276 g/mol. The van der Waals surface area contributed by atoms with Gasteiger partial charge in [0.1, 0.15) is 0 Å². The Bertz CT molecular complexity index is 467. The number of nitrogens with one attached hydrogen (secondary N) is 1. The van der Waals surface area contributed by atoms with Crippen LogP contribution < -0.4 is 11.3 Å². The van der Waals surface area contributed by atoms with Gasteiger partial charge in [-0.3, -0.25) is 5.43 Å². The molecule has 1 heterocycles. The highest BCUT2D eigenvalue weighted by molar-refractivity contribution is 5.85. The molecule has 1 aromatic carbocycles. The molecule has 0 aliphatic rings. The summed E-state index contributed by atoms with van der Waals surface area (Å²) in [5.74, 6) is 6.75. The molecule has 0 radical (unpaired) electrons. The van der Waals surface area contributed by atoms with Crippen molar-refractivity contribution in [2.24, 2.45) is 11.8 Å². The number of fused-ring (bicyclic) bond motifs is 1. The summed E-state index contributed by atoms with van der Waals surface area (Å²) < 4.78 is 2.11. The molecule has 3 N–H and O–H groups in total. The Balaban J connectivity index is 0.00000128. The summed E-state index contributed by atoms with van der Waals surface area (Å²) in [5, 5.41) is 0. The van der Waals surface area contributed by atoms with Gasteiger partial charge in [0.15, 0.2) is 0 Å². The number of hydrogen-bond donors (Lipinski definition) is 2. The Morgan fingerprint density at radius 2 is 1.94 bits per heavy atom. The highest BCUT2D eigenvalue weighted by Gasteiger charge is 2.09. The van der Waals surface area contributed by atoms with Crippen LogP contribution in [0.25, 0.3) is 11.0 Å². The maximum atomic E-state index is 5.46. The van der Waals surface area contributed by atoms with Gasteiger partial charge in [0.05, 0.1) is 11.0 Å². The first-order chi connectivity index (χ1) is 7.22. The third kappa shape index (κ3) is 3.25. The number of anilines is 1. The van der Waals surface area contributed by atoms with Crippen LogP contribution in [0.4, 0.5) is 5.95 Å². The van der Waals surface area contributed by atoms with Crippen molar-refractivity contribution in [1.29, 1.82) is 0 Å². The molecule has 0 saturated carbocycles. The molecule has 6 heteroatoms. The number of aromatic nitrogens is 2. The van der Waals surface area contributed by atoms with Gasteiger partial charge in [-0.2, -0.15) is 0 Å². The van der Waals surface area contributed by atoms with Crippen LogP contribution in [-0.2, 0) is 6.54 Å². The topological polar surface area (TPSA) is 55.9 Å². The molecule has 0 amide bonds. The predicted octanol–water partition coefficient (Wildman–Crippen LogP) is 2.82. The van der Waals surface area contributed by atoms with Crippen LogP contribution in [0.15, 0.2) is 24.3 Å². The summed E-state index contributed by atoms with van der Waals surface area (Å²) in [6.07, 6.45) is 0. The molecule has 0 fully saturated rings. The third-order valence-corrected chi connectivity index (χ3v) is 2.33. The predicted molar refractivity (Wildman–Crippen MR) is 76.9 cm³/mol. The molecule has 96 valence electrons. The van der Waals surface area contributed by atoms with E-state index in [4.69, 9.17) is 5.84 Å². The lowest BCUT2D eigenvalue weighted by molar-refractivity contribution is 0.536. The molecule has 0 saturated heterocycles. The summed E-state index contributed by atoms with van der Waals surface area (Å²) in [7, 11) is 0. The van der Waals surface area contributed by atoms with E-state index in [1.54, 1.807) is 0 Å². The van der Waals surface area contributed by atoms with Crippen LogP contribution in [0, 0.1) is 5.92 Å². The van der Waals surface area contributed by atoms with Crippen LogP contribution in [0.1, 0.15) is 13.8 Å². The first-order valence-corrected chi connectivity index (χ1v) is 5.14. The van der Waals surface area contributed by atoms with Crippen LogP contribution >= 0.6 is 24.8 Å². The SMILES string of the molecule is CC(C)Cn1c(NN)nc2ccccc21.Cl.Cl. The lowest BCUT2D eigenvalue weighted by atomic mass is 10.2. The van der Waals surface area contributed by atoms with Crippen molar-refractivity contribution in [3.8, 4) is 0 Å².